The van der Waals surface area contributed by atoms with Crippen LogP contribution in [0.3, 0.4) is 0 Å². The van der Waals surface area contributed by atoms with Gasteiger partial charge in [-0.05, 0) is 12.5 Å². The van der Waals surface area contributed by atoms with Crippen LogP contribution in [0.2, 0.25) is 0 Å². The molecule has 3 rings (SSSR count). The van der Waals surface area contributed by atoms with Crippen LogP contribution >= 0.6 is 0 Å². The number of aryl methyl sites for hydroxylation is 1. The van der Waals surface area contributed by atoms with Crippen molar-refractivity contribution in [3.63, 3.8) is 0 Å². The minimum Gasteiger partial charge on any atom is -0.354 e. The molecule has 2 fully saturated rings. The number of nitrogens with one attached hydrogen (secondary N) is 1. The molecule has 2 heterocycles. The number of rotatable bonds is 6. The molecule has 2 aliphatic heterocycles. The summed E-state index contributed by atoms with van der Waals surface area (Å²) >= 11 is 0. The molecule has 9 heteroatoms. The summed E-state index contributed by atoms with van der Waals surface area (Å²) in [5, 5.41) is 2.97. The van der Waals surface area contributed by atoms with E-state index in [0.29, 0.717) is 39.3 Å². The number of carbonyl (C=O) groups excluding carboxylic acids is 2. The molecule has 0 radical (unpaired) electrons. The normalized spacial score (nSPS) is 24.1. The van der Waals surface area contributed by atoms with E-state index >= 15 is 0 Å². The van der Waals surface area contributed by atoms with Crippen molar-refractivity contribution in [1.29, 1.82) is 0 Å². The van der Waals surface area contributed by atoms with E-state index < -0.39 is 15.9 Å². The summed E-state index contributed by atoms with van der Waals surface area (Å²) in [6.45, 7) is 5.41. The molecule has 2 saturated heterocycles. The standard InChI is InChI=1S/C20H30N4O4S/c1-15-4-6-16(7-5-15)19-17(14-18(25)22(19)2)20(26)21-8-9-23-10-12-24(13-11-23)29(3,27)28/h4-7,17,19H,8-14H2,1-3H3,(H,21,26)/t17-,19-/m1/s1. The lowest BCUT2D eigenvalue weighted by atomic mass is 9.92. The van der Waals surface area contributed by atoms with Gasteiger partial charge in [0.2, 0.25) is 21.8 Å². The number of amides is 2. The molecule has 0 saturated carbocycles. The summed E-state index contributed by atoms with van der Waals surface area (Å²) in [5.74, 6) is -0.534. The first kappa shape index (κ1) is 21.7. The zero-order chi connectivity index (χ0) is 21.2. The molecule has 1 aromatic rings. The Hall–Kier alpha value is -1.97. The van der Waals surface area contributed by atoms with Gasteiger partial charge in [-0.3, -0.25) is 14.5 Å². The number of benzene rings is 1. The van der Waals surface area contributed by atoms with Gasteiger partial charge in [-0.1, -0.05) is 29.8 Å². The van der Waals surface area contributed by atoms with Crippen molar-refractivity contribution in [2.75, 3.05) is 52.6 Å². The van der Waals surface area contributed by atoms with Crippen LogP contribution in [0.1, 0.15) is 23.6 Å². The molecule has 1 aromatic carbocycles. The van der Waals surface area contributed by atoms with Crippen LogP contribution in [-0.4, -0.2) is 86.9 Å². The van der Waals surface area contributed by atoms with E-state index in [2.05, 4.69) is 10.2 Å². The highest BCUT2D eigenvalue weighted by Crippen LogP contribution is 2.37. The summed E-state index contributed by atoms with van der Waals surface area (Å²) < 4.78 is 24.6. The van der Waals surface area contributed by atoms with Crippen LogP contribution in [0.25, 0.3) is 0 Å². The number of piperazine rings is 1. The highest BCUT2D eigenvalue weighted by Gasteiger charge is 2.42. The Morgan fingerprint density at radius 1 is 1.14 bits per heavy atom. The molecule has 29 heavy (non-hydrogen) atoms. The predicted molar refractivity (Wildman–Crippen MR) is 111 cm³/mol. The molecule has 1 N–H and O–H groups in total. The Bertz CT molecular complexity index is 848. The number of likely N-dealkylation sites (tertiary alicyclic amines) is 1. The Labute approximate surface area is 172 Å². The fourth-order valence-electron chi connectivity index (χ4n) is 4.08. The van der Waals surface area contributed by atoms with E-state index in [0.717, 1.165) is 11.1 Å². The summed E-state index contributed by atoms with van der Waals surface area (Å²) in [4.78, 5) is 28.9. The number of hydrogen-bond donors (Lipinski definition) is 1. The zero-order valence-corrected chi connectivity index (χ0v) is 18.1. The van der Waals surface area contributed by atoms with Gasteiger partial charge in [-0.15, -0.1) is 0 Å². The maximum absolute atomic E-state index is 12.8. The summed E-state index contributed by atoms with van der Waals surface area (Å²) in [7, 11) is -1.39. The Morgan fingerprint density at radius 2 is 1.76 bits per heavy atom. The zero-order valence-electron chi connectivity index (χ0n) is 17.3. The molecule has 2 atom stereocenters. The largest absolute Gasteiger partial charge is 0.354 e. The van der Waals surface area contributed by atoms with Crippen molar-refractivity contribution in [1.82, 2.24) is 19.4 Å². The van der Waals surface area contributed by atoms with Gasteiger partial charge in [0.05, 0.1) is 18.2 Å². The van der Waals surface area contributed by atoms with Gasteiger partial charge in [-0.25, -0.2) is 8.42 Å². The van der Waals surface area contributed by atoms with Gasteiger partial charge in [0.25, 0.3) is 0 Å². The van der Waals surface area contributed by atoms with Crippen LogP contribution < -0.4 is 5.32 Å². The van der Waals surface area contributed by atoms with Crippen molar-refractivity contribution in [2.24, 2.45) is 5.92 Å². The number of carbonyl (C=O) groups is 2. The van der Waals surface area contributed by atoms with Gasteiger partial charge in [-0.2, -0.15) is 4.31 Å². The van der Waals surface area contributed by atoms with E-state index in [9.17, 15) is 18.0 Å². The second-order valence-electron chi connectivity index (χ2n) is 7.97. The maximum Gasteiger partial charge on any atom is 0.226 e. The molecule has 0 aliphatic carbocycles. The lowest BCUT2D eigenvalue weighted by Crippen LogP contribution is -2.50. The molecule has 2 aliphatic rings. The molecule has 8 nitrogen and oxygen atoms in total. The smallest absolute Gasteiger partial charge is 0.226 e. The van der Waals surface area contributed by atoms with Crippen molar-refractivity contribution in [2.45, 2.75) is 19.4 Å². The third kappa shape index (κ3) is 5.15. The first-order valence-electron chi connectivity index (χ1n) is 9.94. The van der Waals surface area contributed by atoms with Crippen LogP contribution in [0, 0.1) is 12.8 Å². The SMILES string of the molecule is Cc1ccc([C@@H]2[C@H](C(=O)NCCN3CCN(S(C)(=O)=O)CC3)CC(=O)N2C)cc1. The molecule has 0 aromatic heterocycles. The second-order valence-corrected chi connectivity index (χ2v) is 9.95. The third-order valence-electron chi connectivity index (χ3n) is 5.87. The van der Waals surface area contributed by atoms with Gasteiger partial charge in [0.1, 0.15) is 0 Å². The number of sulfonamides is 1. The van der Waals surface area contributed by atoms with Gasteiger partial charge in [0.15, 0.2) is 0 Å². The fourth-order valence-corrected chi connectivity index (χ4v) is 4.90. The molecule has 2 amide bonds. The fraction of sp³-hybridized carbons (Fsp3) is 0.600. The van der Waals surface area contributed by atoms with E-state index in [-0.39, 0.29) is 24.3 Å². The van der Waals surface area contributed by atoms with Gasteiger partial charge in [0, 0.05) is 52.7 Å². The number of nitrogens with zero attached hydrogens (tertiary/aromatic N) is 3. The van der Waals surface area contributed by atoms with E-state index in [1.165, 1.54) is 10.6 Å². The Morgan fingerprint density at radius 3 is 2.34 bits per heavy atom. The van der Waals surface area contributed by atoms with E-state index in [4.69, 9.17) is 0 Å². The van der Waals surface area contributed by atoms with Gasteiger partial charge < -0.3 is 10.2 Å². The van der Waals surface area contributed by atoms with Crippen LogP contribution in [0.15, 0.2) is 24.3 Å². The van der Waals surface area contributed by atoms with Crippen molar-refractivity contribution < 1.29 is 18.0 Å². The summed E-state index contributed by atoms with van der Waals surface area (Å²) in [6, 6.07) is 7.71. The molecular weight excluding hydrogens is 392 g/mol. The van der Waals surface area contributed by atoms with E-state index in [1.807, 2.05) is 31.2 Å². The Balaban J connectivity index is 1.53. The van der Waals surface area contributed by atoms with Crippen molar-refractivity contribution in [3.05, 3.63) is 35.4 Å². The first-order valence-corrected chi connectivity index (χ1v) is 11.8. The van der Waals surface area contributed by atoms with Crippen LogP contribution in [0.4, 0.5) is 0 Å². The van der Waals surface area contributed by atoms with Crippen molar-refractivity contribution >= 4 is 21.8 Å². The number of hydrogen-bond acceptors (Lipinski definition) is 5. The van der Waals surface area contributed by atoms with Crippen molar-refractivity contribution in [3.8, 4) is 0 Å². The van der Waals surface area contributed by atoms with Crippen LogP contribution in [0.5, 0.6) is 0 Å². The van der Waals surface area contributed by atoms with Crippen LogP contribution in [-0.2, 0) is 19.6 Å². The average molecular weight is 423 g/mol. The highest BCUT2D eigenvalue weighted by molar-refractivity contribution is 7.88. The summed E-state index contributed by atoms with van der Waals surface area (Å²) in [6.07, 6.45) is 1.45. The highest BCUT2D eigenvalue weighted by atomic mass is 32.2. The minimum atomic E-state index is -3.14. The molecule has 0 unspecified atom stereocenters. The predicted octanol–water partition coefficient (Wildman–Crippen LogP) is 0.208. The lowest BCUT2D eigenvalue weighted by Gasteiger charge is -2.33. The molecule has 0 bridgehead atoms. The average Bonchev–Trinajstić information content (AvgIpc) is 2.97. The minimum absolute atomic E-state index is 0.0207. The maximum atomic E-state index is 12.8. The Kier molecular flexibility index (Phi) is 6.60. The first-order chi connectivity index (χ1) is 13.7. The summed E-state index contributed by atoms with van der Waals surface area (Å²) in [5.41, 5.74) is 2.11. The van der Waals surface area contributed by atoms with Gasteiger partial charge >= 0.3 is 0 Å². The van der Waals surface area contributed by atoms with E-state index in [1.54, 1.807) is 11.9 Å². The quantitative estimate of drug-likeness (QED) is 0.708. The topological polar surface area (TPSA) is 90.0 Å². The molecule has 0 spiro atoms. The lowest BCUT2D eigenvalue weighted by molar-refractivity contribution is -0.128. The second kappa shape index (κ2) is 8.81. The third-order valence-corrected chi connectivity index (χ3v) is 7.17. The monoisotopic (exact) mass is 422 g/mol. The molecular formula is C20H30N4O4S. The molecule has 160 valence electrons.